The number of aryl methyl sites for hydroxylation is 2. The molecule has 202 valence electrons. The molecule has 0 saturated heterocycles. The van der Waals surface area contributed by atoms with Crippen LogP contribution in [0.5, 0.6) is 0 Å². The fraction of sp³-hybridized carbons (Fsp3) is 0.333. The highest BCUT2D eigenvalue weighted by molar-refractivity contribution is 7.92. The van der Waals surface area contributed by atoms with Gasteiger partial charge < -0.3 is 10.2 Å². The number of unbranched alkanes of at least 4 members (excludes halogenated alkanes) is 1. The lowest BCUT2D eigenvalue weighted by Crippen LogP contribution is -2.51. The van der Waals surface area contributed by atoms with Crippen molar-refractivity contribution >= 4 is 27.5 Å². The van der Waals surface area contributed by atoms with Crippen LogP contribution in [0.4, 0.5) is 5.69 Å². The van der Waals surface area contributed by atoms with Gasteiger partial charge in [-0.05, 0) is 62.6 Å². The van der Waals surface area contributed by atoms with Gasteiger partial charge in [0, 0.05) is 13.1 Å². The van der Waals surface area contributed by atoms with E-state index in [2.05, 4.69) is 5.32 Å². The zero-order chi connectivity index (χ0) is 27.7. The second kappa shape index (κ2) is 13.2. The molecule has 1 unspecified atom stereocenters. The van der Waals surface area contributed by atoms with Crippen LogP contribution in [0.3, 0.4) is 0 Å². The van der Waals surface area contributed by atoms with Gasteiger partial charge in [0.2, 0.25) is 11.8 Å². The summed E-state index contributed by atoms with van der Waals surface area (Å²) in [5.41, 5.74) is 3.03. The van der Waals surface area contributed by atoms with Crippen molar-refractivity contribution in [1.82, 2.24) is 10.2 Å². The smallest absolute Gasteiger partial charge is 0.264 e. The highest BCUT2D eigenvalue weighted by atomic mass is 32.2. The zero-order valence-corrected chi connectivity index (χ0v) is 23.4. The summed E-state index contributed by atoms with van der Waals surface area (Å²) in [6.45, 7) is 7.71. The van der Waals surface area contributed by atoms with Crippen LogP contribution in [0.1, 0.15) is 43.4 Å². The standard InChI is InChI=1S/C30H37N3O4S/c1-5-6-19-31-30(35)25(4)32(21-26-12-8-7-9-13-26)29(34)22-33(27-14-10-11-24(3)20-27)38(36,37)28-17-15-23(2)16-18-28/h7-18,20,25H,5-6,19,21-22H2,1-4H3,(H,31,35). The van der Waals surface area contributed by atoms with Crippen LogP contribution >= 0.6 is 0 Å². The lowest BCUT2D eigenvalue weighted by atomic mass is 10.1. The van der Waals surface area contributed by atoms with Gasteiger partial charge >= 0.3 is 0 Å². The number of benzene rings is 3. The van der Waals surface area contributed by atoms with E-state index in [4.69, 9.17) is 0 Å². The molecule has 0 fully saturated rings. The van der Waals surface area contributed by atoms with Crippen molar-refractivity contribution in [3.05, 3.63) is 95.6 Å². The summed E-state index contributed by atoms with van der Waals surface area (Å²) < 4.78 is 28.8. The predicted octanol–water partition coefficient (Wildman–Crippen LogP) is 4.83. The van der Waals surface area contributed by atoms with E-state index < -0.39 is 28.5 Å². The second-order valence-corrected chi connectivity index (χ2v) is 11.4. The first-order valence-electron chi connectivity index (χ1n) is 12.9. The van der Waals surface area contributed by atoms with Crippen molar-refractivity contribution in [3.8, 4) is 0 Å². The van der Waals surface area contributed by atoms with Gasteiger partial charge in [0.25, 0.3) is 10.0 Å². The van der Waals surface area contributed by atoms with Crippen molar-refractivity contribution < 1.29 is 18.0 Å². The van der Waals surface area contributed by atoms with Crippen molar-refractivity contribution in [3.63, 3.8) is 0 Å². The fourth-order valence-electron chi connectivity index (χ4n) is 4.05. The van der Waals surface area contributed by atoms with Gasteiger partial charge in [-0.2, -0.15) is 0 Å². The topological polar surface area (TPSA) is 86.8 Å². The Morgan fingerprint density at radius 3 is 2.21 bits per heavy atom. The Hall–Kier alpha value is -3.65. The van der Waals surface area contributed by atoms with Crippen molar-refractivity contribution in [2.24, 2.45) is 0 Å². The van der Waals surface area contributed by atoms with E-state index >= 15 is 0 Å². The quantitative estimate of drug-likeness (QED) is 0.337. The molecule has 2 amide bonds. The zero-order valence-electron chi connectivity index (χ0n) is 22.6. The largest absolute Gasteiger partial charge is 0.354 e. The maximum atomic E-state index is 13.9. The summed E-state index contributed by atoms with van der Waals surface area (Å²) in [6, 6.07) is 22.2. The maximum absolute atomic E-state index is 13.9. The van der Waals surface area contributed by atoms with Crippen LogP contribution in [0, 0.1) is 13.8 Å². The van der Waals surface area contributed by atoms with Crippen LogP contribution in [-0.4, -0.2) is 44.3 Å². The Morgan fingerprint density at radius 1 is 0.895 bits per heavy atom. The molecule has 0 aliphatic rings. The Labute approximate surface area is 226 Å². The van der Waals surface area contributed by atoms with E-state index in [9.17, 15) is 18.0 Å². The van der Waals surface area contributed by atoms with E-state index in [1.165, 1.54) is 4.90 Å². The lowest BCUT2D eigenvalue weighted by molar-refractivity contribution is -0.139. The summed E-state index contributed by atoms with van der Waals surface area (Å²) in [5, 5.41) is 2.89. The van der Waals surface area contributed by atoms with Gasteiger partial charge in [-0.3, -0.25) is 13.9 Å². The number of carbonyl (C=O) groups is 2. The summed E-state index contributed by atoms with van der Waals surface area (Å²) in [4.78, 5) is 28.4. The first-order chi connectivity index (χ1) is 18.1. The van der Waals surface area contributed by atoms with Crippen LogP contribution in [0.15, 0.2) is 83.8 Å². The number of carbonyl (C=O) groups excluding carboxylic acids is 2. The molecular formula is C30H37N3O4S. The Balaban J connectivity index is 1.98. The Bertz CT molecular complexity index is 1330. The number of sulfonamides is 1. The highest BCUT2D eigenvalue weighted by Gasteiger charge is 2.32. The normalized spacial score (nSPS) is 12.0. The SMILES string of the molecule is CCCCNC(=O)C(C)N(Cc1ccccc1)C(=O)CN(c1cccc(C)c1)S(=O)(=O)c1ccc(C)cc1. The molecule has 0 aromatic heterocycles. The summed E-state index contributed by atoms with van der Waals surface area (Å²) >= 11 is 0. The number of anilines is 1. The number of nitrogens with one attached hydrogen (secondary N) is 1. The first-order valence-corrected chi connectivity index (χ1v) is 14.3. The van der Waals surface area contributed by atoms with E-state index in [0.717, 1.165) is 33.8 Å². The molecule has 3 aromatic carbocycles. The fourth-order valence-corrected chi connectivity index (χ4v) is 5.45. The number of amides is 2. The summed E-state index contributed by atoms with van der Waals surface area (Å²) in [6.07, 6.45) is 1.77. The van der Waals surface area contributed by atoms with Crippen LogP contribution in [0.2, 0.25) is 0 Å². The van der Waals surface area contributed by atoms with Gasteiger partial charge in [-0.1, -0.05) is 73.5 Å². The van der Waals surface area contributed by atoms with Crippen molar-refractivity contribution in [1.29, 1.82) is 0 Å². The number of hydrogen-bond donors (Lipinski definition) is 1. The highest BCUT2D eigenvalue weighted by Crippen LogP contribution is 2.25. The monoisotopic (exact) mass is 535 g/mol. The maximum Gasteiger partial charge on any atom is 0.264 e. The van der Waals surface area contributed by atoms with Crippen LogP contribution in [-0.2, 0) is 26.2 Å². The molecule has 0 radical (unpaired) electrons. The summed E-state index contributed by atoms with van der Waals surface area (Å²) in [7, 11) is -4.07. The molecule has 8 heteroatoms. The minimum atomic E-state index is -4.07. The molecule has 38 heavy (non-hydrogen) atoms. The third kappa shape index (κ3) is 7.44. The third-order valence-electron chi connectivity index (χ3n) is 6.37. The predicted molar refractivity (Wildman–Crippen MR) is 151 cm³/mol. The molecule has 7 nitrogen and oxygen atoms in total. The Morgan fingerprint density at radius 2 is 1.58 bits per heavy atom. The van der Waals surface area contributed by atoms with Gasteiger partial charge in [0.1, 0.15) is 12.6 Å². The molecule has 3 rings (SSSR count). The first kappa shape index (κ1) is 28.9. The molecule has 0 spiro atoms. The van der Waals surface area contributed by atoms with Crippen molar-refractivity contribution in [2.75, 3.05) is 17.4 Å². The minimum Gasteiger partial charge on any atom is -0.354 e. The van der Waals surface area contributed by atoms with E-state index in [-0.39, 0.29) is 17.3 Å². The van der Waals surface area contributed by atoms with Crippen LogP contribution in [0.25, 0.3) is 0 Å². The van der Waals surface area contributed by atoms with E-state index in [0.29, 0.717) is 12.2 Å². The van der Waals surface area contributed by atoms with Crippen molar-refractivity contribution in [2.45, 2.75) is 58.0 Å². The average molecular weight is 536 g/mol. The average Bonchev–Trinajstić information content (AvgIpc) is 2.90. The van der Waals surface area contributed by atoms with Gasteiger partial charge in [0.15, 0.2) is 0 Å². The molecule has 0 saturated carbocycles. The lowest BCUT2D eigenvalue weighted by Gasteiger charge is -2.32. The molecule has 0 bridgehead atoms. The molecule has 1 atom stereocenters. The van der Waals surface area contributed by atoms with Crippen LogP contribution < -0.4 is 9.62 Å². The molecular weight excluding hydrogens is 498 g/mol. The summed E-state index contributed by atoms with van der Waals surface area (Å²) in [5.74, 6) is -0.740. The third-order valence-corrected chi connectivity index (χ3v) is 8.16. The second-order valence-electron chi connectivity index (χ2n) is 9.49. The molecule has 0 aliphatic heterocycles. The van der Waals surface area contributed by atoms with Gasteiger partial charge in [-0.15, -0.1) is 0 Å². The minimum absolute atomic E-state index is 0.0948. The van der Waals surface area contributed by atoms with Gasteiger partial charge in [-0.25, -0.2) is 8.42 Å². The molecule has 0 heterocycles. The molecule has 0 aliphatic carbocycles. The number of hydrogen-bond acceptors (Lipinski definition) is 4. The Kier molecular flexibility index (Phi) is 10.1. The van der Waals surface area contributed by atoms with Gasteiger partial charge in [0.05, 0.1) is 10.6 Å². The van der Waals surface area contributed by atoms with E-state index in [1.807, 2.05) is 57.2 Å². The number of nitrogens with zero attached hydrogens (tertiary/aromatic N) is 2. The number of rotatable bonds is 12. The molecule has 3 aromatic rings. The molecule has 1 N–H and O–H groups in total. The van der Waals surface area contributed by atoms with E-state index in [1.54, 1.807) is 49.4 Å².